The molecule has 17 heavy (non-hydrogen) atoms. The summed E-state index contributed by atoms with van der Waals surface area (Å²) in [6.07, 6.45) is 2.34. The summed E-state index contributed by atoms with van der Waals surface area (Å²) >= 11 is 0. The first-order valence-electron chi connectivity index (χ1n) is 5.05. The van der Waals surface area contributed by atoms with Crippen molar-refractivity contribution in [2.24, 2.45) is 0 Å². The van der Waals surface area contributed by atoms with Crippen molar-refractivity contribution in [1.82, 2.24) is 0 Å². The molecule has 0 heterocycles. The third-order valence-corrected chi connectivity index (χ3v) is 2.15. The lowest BCUT2D eigenvalue weighted by Crippen LogP contribution is -2.14. The first-order chi connectivity index (χ1) is 8.08. The van der Waals surface area contributed by atoms with Crippen molar-refractivity contribution < 1.29 is 9.59 Å². The van der Waals surface area contributed by atoms with Crippen LogP contribution in [0, 0.1) is 6.92 Å². The van der Waals surface area contributed by atoms with Crippen LogP contribution in [0.15, 0.2) is 43.5 Å². The summed E-state index contributed by atoms with van der Waals surface area (Å²) in [5.74, 6) is -0.655. The zero-order valence-electron chi connectivity index (χ0n) is 9.62. The highest BCUT2D eigenvalue weighted by Crippen LogP contribution is 2.25. The molecule has 0 unspecified atom stereocenters. The standard InChI is InChI=1S/C13H14N2O2/c1-4-11(16)14-10-8-6-7-9(3)13(10)15-12(17)5-2/h4-8H,1-2H2,3H3,(H,14,16)(H,15,17). The Balaban J connectivity index is 3.07. The van der Waals surface area contributed by atoms with Crippen LogP contribution in [0.3, 0.4) is 0 Å². The molecular formula is C13H14N2O2. The summed E-state index contributed by atoms with van der Waals surface area (Å²) in [5.41, 5.74) is 1.94. The highest BCUT2D eigenvalue weighted by molar-refractivity contribution is 6.06. The van der Waals surface area contributed by atoms with E-state index in [1.807, 2.05) is 13.0 Å². The normalized spacial score (nSPS) is 9.24. The number of anilines is 2. The number of aryl methyl sites for hydroxylation is 1. The fourth-order valence-corrected chi connectivity index (χ4v) is 1.30. The highest BCUT2D eigenvalue weighted by Gasteiger charge is 2.08. The Morgan fingerprint density at radius 1 is 1.12 bits per heavy atom. The summed E-state index contributed by atoms with van der Waals surface area (Å²) in [7, 11) is 0. The molecule has 0 radical (unpaired) electrons. The number of hydrogen-bond donors (Lipinski definition) is 2. The highest BCUT2D eigenvalue weighted by atomic mass is 16.2. The number of para-hydroxylation sites is 1. The average Bonchev–Trinajstić information content (AvgIpc) is 2.33. The molecule has 1 aromatic rings. The lowest BCUT2D eigenvalue weighted by Gasteiger charge is -2.12. The summed E-state index contributed by atoms with van der Waals surface area (Å²) in [5, 5.41) is 5.28. The molecular weight excluding hydrogens is 216 g/mol. The second kappa shape index (κ2) is 5.65. The molecule has 0 aliphatic rings. The quantitative estimate of drug-likeness (QED) is 0.779. The molecule has 2 N–H and O–H groups in total. The van der Waals surface area contributed by atoms with Gasteiger partial charge in [0.15, 0.2) is 0 Å². The minimum absolute atomic E-state index is 0.326. The van der Waals surface area contributed by atoms with Gasteiger partial charge in [-0.05, 0) is 30.7 Å². The van der Waals surface area contributed by atoms with Crippen LogP contribution in [-0.4, -0.2) is 11.8 Å². The van der Waals surface area contributed by atoms with E-state index < -0.39 is 0 Å². The Hall–Kier alpha value is -2.36. The topological polar surface area (TPSA) is 58.2 Å². The van der Waals surface area contributed by atoms with Crippen molar-refractivity contribution in [2.45, 2.75) is 6.92 Å². The Bertz CT molecular complexity index is 478. The van der Waals surface area contributed by atoms with E-state index in [2.05, 4.69) is 23.8 Å². The fraction of sp³-hybridized carbons (Fsp3) is 0.0769. The molecule has 0 aliphatic carbocycles. The number of rotatable bonds is 4. The number of benzene rings is 1. The molecule has 0 spiro atoms. The van der Waals surface area contributed by atoms with Crippen molar-refractivity contribution in [1.29, 1.82) is 0 Å². The molecule has 88 valence electrons. The molecule has 0 saturated heterocycles. The van der Waals surface area contributed by atoms with Crippen molar-refractivity contribution in [3.05, 3.63) is 49.1 Å². The van der Waals surface area contributed by atoms with Gasteiger partial charge in [0.05, 0.1) is 11.4 Å². The summed E-state index contributed by atoms with van der Waals surface area (Å²) in [6.45, 7) is 8.58. The molecule has 4 nitrogen and oxygen atoms in total. The maximum absolute atomic E-state index is 11.3. The fourth-order valence-electron chi connectivity index (χ4n) is 1.30. The van der Waals surface area contributed by atoms with Crippen LogP contribution in [0.5, 0.6) is 0 Å². The number of carbonyl (C=O) groups is 2. The second-order valence-electron chi connectivity index (χ2n) is 3.38. The van der Waals surface area contributed by atoms with Crippen molar-refractivity contribution in [2.75, 3.05) is 10.6 Å². The van der Waals surface area contributed by atoms with Gasteiger partial charge in [0.25, 0.3) is 0 Å². The smallest absolute Gasteiger partial charge is 0.247 e. The third kappa shape index (κ3) is 3.31. The van der Waals surface area contributed by atoms with Crippen LogP contribution < -0.4 is 10.6 Å². The van der Waals surface area contributed by atoms with Gasteiger partial charge < -0.3 is 10.6 Å². The minimum atomic E-state index is -0.329. The average molecular weight is 230 g/mol. The summed E-state index contributed by atoms with van der Waals surface area (Å²) in [6, 6.07) is 5.33. The maximum atomic E-state index is 11.3. The SMILES string of the molecule is C=CC(=O)Nc1cccc(C)c1NC(=O)C=C. The Morgan fingerprint density at radius 3 is 2.29 bits per heavy atom. The molecule has 0 bridgehead atoms. The van der Waals surface area contributed by atoms with Gasteiger partial charge in [-0.25, -0.2) is 0 Å². The van der Waals surface area contributed by atoms with Crippen LogP contribution >= 0.6 is 0 Å². The molecule has 0 atom stereocenters. The summed E-state index contributed by atoms with van der Waals surface area (Å²) < 4.78 is 0. The third-order valence-electron chi connectivity index (χ3n) is 2.15. The first-order valence-corrected chi connectivity index (χ1v) is 5.05. The lowest BCUT2D eigenvalue weighted by molar-refractivity contribution is -0.112. The largest absolute Gasteiger partial charge is 0.321 e. The van der Waals surface area contributed by atoms with Crippen molar-refractivity contribution in [3.8, 4) is 0 Å². The Labute approximate surface area is 100 Å². The van der Waals surface area contributed by atoms with Crippen molar-refractivity contribution in [3.63, 3.8) is 0 Å². The van der Waals surface area contributed by atoms with Crippen LogP contribution in [-0.2, 0) is 9.59 Å². The van der Waals surface area contributed by atoms with Gasteiger partial charge in [0.1, 0.15) is 0 Å². The van der Waals surface area contributed by atoms with Crippen LogP contribution in [0.4, 0.5) is 11.4 Å². The zero-order chi connectivity index (χ0) is 12.8. The first kappa shape index (κ1) is 12.7. The minimum Gasteiger partial charge on any atom is -0.321 e. The van der Waals surface area contributed by atoms with Gasteiger partial charge in [-0.15, -0.1) is 0 Å². The van der Waals surface area contributed by atoms with E-state index in [4.69, 9.17) is 0 Å². The molecule has 1 rings (SSSR count). The van der Waals surface area contributed by atoms with Gasteiger partial charge in [-0.1, -0.05) is 25.3 Å². The molecule has 2 amide bonds. The van der Waals surface area contributed by atoms with E-state index in [1.165, 1.54) is 12.2 Å². The van der Waals surface area contributed by atoms with Crippen LogP contribution in [0.2, 0.25) is 0 Å². The number of hydrogen-bond acceptors (Lipinski definition) is 2. The number of nitrogens with one attached hydrogen (secondary N) is 2. The molecule has 0 aromatic heterocycles. The number of carbonyl (C=O) groups excluding carboxylic acids is 2. The molecule has 4 heteroatoms. The van der Waals surface area contributed by atoms with Crippen molar-refractivity contribution >= 4 is 23.2 Å². The predicted molar refractivity (Wildman–Crippen MR) is 68.8 cm³/mol. The van der Waals surface area contributed by atoms with Gasteiger partial charge in [-0.2, -0.15) is 0 Å². The molecule has 1 aromatic carbocycles. The van der Waals surface area contributed by atoms with Gasteiger partial charge in [0.2, 0.25) is 11.8 Å². The predicted octanol–water partition coefficient (Wildman–Crippen LogP) is 2.24. The van der Waals surface area contributed by atoms with Crippen LogP contribution in [0.25, 0.3) is 0 Å². The van der Waals surface area contributed by atoms with Gasteiger partial charge >= 0.3 is 0 Å². The van der Waals surface area contributed by atoms with E-state index in [0.717, 1.165) is 5.56 Å². The molecule has 0 saturated carbocycles. The van der Waals surface area contributed by atoms with Gasteiger partial charge in [0, 0.05) is 0 Å². The van der Waals surface area contributed by atoms with Crippen LogP contribution in [0.1, 0.15) is 5.56 Å². The monoisotopic (exact) mass is 230 g/mol. The lowest BCUT2D eigenvalue weighted by atomic mass is 10.1. The van der Waals surface area contributed by atoms with Gasteiger partial charge in [-0.3, -0.25) is 9.59 Å². The van der Waals surface area contributed by atoms with E-state index >= 15 is 0 Å². The Kier molecular flexibility index (Phi) is 4.22. The van der Waals surface area contributed by atoms with E-state index in [0.29, 0.717) is 11.4 Å². The van der Waals surface area contributed by atoms with E-state index in [9.17, 15) is 9.59 Å². The number of amides is 2. The van der Waals surface area contributed by atoms with E-state index in [1.54, 1.807) is 12.1 Å². The molecule has 0 fully saturated rings. The summed E-state index contributed by atoms with van der Waals surface area (Å²) in [4.78, 5) is 22.5. The maximum Gasteiger partial charge on any atom is 0.247 e. The Morgan fingerprint density at radius 2 is 1.71 bits per heavy atom. The second-order valence-corrected chi connectivity index (χ2v) is 3.38. The molecule has 0 aliphatic heterocycles. The van der Waals surface area contributed by atoms with E-state index in [-0.39, 0.29) is 11.8 Å². The zero-order valence-corrected chi connectivity index (χ0v) is 9.62.